The van der Waals surface area contributed by atoms with E-state index < -0.39 is 10.0 Å². The highest BCUT2D eigenvalue weighted by Gasteiger charge is 2.14. The van der Waals surface area contributed by atoms with E-state index in [0.29, 0.717) is 25.1 Å². The number of nitrogens with two attached hydrogens (primary N) is 3. The fourth-order valence-corrected chi connectivity index (χ4v) is 2.28. The van der Waals surface area contributed by atoms with E-state index in [9.17, 15) is 13.2 Å². The van der Waals surface area contributed by atoms with Gasteiger partial charge in [0.1, 0.15) is 4.90 Å². The van der Waals surface area contributed by atoms with Crippen LogP contribution in [0.5, 0.6) is 0 Å². The number of benzene rings is 1. The average molecular weight is 286 g/mol. The Labute approximate surface area is 112 Å². The molecule has 0 aromatic heterocycles. The Bertz CT molecular complexity index is 557. The first kappa shape index (κ1) is 15.3. The Kier molecular flexibility index (Phi) is 5.13. The van der Waals surface area contributed by atoms with Gasteiger partial charge in [0.05, 0.1) is 11.4 Å². The molecule has 0 heterocycles. The molecule has 1 rings (SSSR count). The zero-order valence-electron chi connectivity index (χ0n) is 10.4. The van der Waals surface area contributed by atoms with Gasteiger partial charge in [0, 0.05) is 13.0 Å². The molecule has 1 amide bonds. The zero-order valence-corrected chi connectivity index (χ0v) is 11.2. The lowest BCUT2D eigenvalue weighted by atomic mass is 10.2. The quantitative estimate of drug-likeness (QED) is 0.412. The number of carbonyl (C=O) groups excluding carboxylic acids is 1. The summed E-state index contributed by atoms with van der Waals surface area (Å²) < 4.78 is 22.6. The second-order valence-corrected chi connectivity index (χ2v) is 5.64. The summed E-state index contributed by atoms with van der Waals surface area (Å²) in [6.45, 7) is 0.561. The van der Waals surface area contributed by atoms with Crippen LogP contribution in [0.4, 0.5) is 11.4 Å². The molecule has 0 unspecified atom stereocenters. The molecule has 0 spiro atoms. The van der Waals surface area contributed by atoms with Gasteiger partial charge >= 0.3 is 0 Å². The van der Waals surface area contributed by atoms with Gasteiger partial charge in [0.15, 0.2) is 0 Å². The summed E-state index contributed by atoms with van der Waals surface area (Å²) >= 11 is 0. The number of carbonyl (C=O) groups is 1. The minimum Gasteiger partial charge on any atom is -0.396 e. The van der Waals surface area contributed by atoms with Crippen molar-refractivity contribution in [3.63, 3.8) is 0 Å². The Morgan fingerprint density at radius 2 is 1.95 bits per heavy atom. The van der Waals surface area contributed by atoms with Gasteiger partial charge in [-0.15, -0.1) is 0 Å². The number of rotatable bonds is 7. The van der Waals surface area contributed by atoms with Crippen LogP contribution < -0.4 is 21.9 Å². The summed E-state index contributed by atoms with van der Waals surface area (Å²) in [5.74, 6) is -0.337. The van der Waals surface area contributed by atoms with Crippen molar-refractivity contribution in [2.75, 3.05) is 17.6 Å². The van der Waals surface area contributed by atoms with Crippen LogP contribution in [0, 0.1) is 0 Å². The van der Waals surface area contributed by atoms with Crippen LogP contribution in [-0.2, 0) is 14.8 Å². The molecule has 0 aliphatic rings. The number of hydrogen-bond donors (Lipinski definition) is 4. The number of amides is 1. The first-order chi connectivity index (χ1) is 8.82. The second kappa shape index (κ2) is 6.39. The molecule has 1 aromatic carbocycles. The molecule has 0 atom stereocenters. The molecule has 0 saturated carbocycles. The Morgan fingerprint density at radius 3 is 2.53 bits per heavy atom. The maximum atomic E-state index is 11.3. The van der Waals surface area contributed by atoms with Gasteiger partial charge in [0.2, 0.25) is 15.9 Å². The molecule has 7 nitrogen and oxygen atoms in total. The largest absolute Gasteiger partial charge is 0.396 e. The van der Waals surface area contributed by atoms with Crippen LogP contribution in [0.1, 0.15) is 19.3 Å². The number of anilines is 2. The van der Waals surface area contributed by atoms with Crippen molar-refractivity contribution in [2.45, 2.75) is 24.2 Å². The van der Waals surface area contributed by atoms with E-state index in [4.69, 9.17) is 16.6 Å². The lowest BCUT2D eigenvalue weighted by Crippen LogP contribution is -2.16. The number of para-hydroxylation sites is 1. The molecule has 0 aliphatic heterocycles. The van der Waals surface area contributed by atoms with Gasteiger partial charge in [-0.2, -0.15) is 0 Å². The van der Waals surface area contributed by atoms with Crippen molar-refractivity contribution in [3.05, 3.63) is 18.2 Å². The van der Waals surface area contributed by atoms with E-state index in [0.717, 1.165) is 6.42 Å². The fraction of sp³-hybridized carbons (Fsp3) is 0.364. The number of sulfonamides is 1. The number of primary amides is 1. The topological polar surface area (TPSA) is 141 Å². The van der Waals surface area contributed by atoms with Gasteiger partial charge in [-0.25, -0.2) is 13.6 Å². The van der Waals surface area contributed by atoms with Crippen LogP contribution in [-0.4, -0.2) is 20.9 Å². The summed E-state index contributed by atoms with van der Waals surface area (Å²) in [6, 6.07) is 4.57. The van der Waals surface area contributed by atoms with E-state index in [1.165, 1.54) is 6.07 Å². The van der Waals surface area contributed by atoms with E-state index in [1.54, 1.807) is 12.1 Å². The highest BCUT2D eigenvalue weighted by Crippen LogP contribution is 2.25. The van der Waals surface area contributed by atoms with Crippen molar-refractivity contribution in [1.29, 1.82) is 0 Å². The molecule has 0 bridgehead atoms. The number of primary sulfonamides is 1. The monoisotopic (exact) mass is 286 g/mol. The van der Waals surface area contributed by atoms with E-state index in [2.05, 4.69) is 5.32 Å². The van der Waals surface area contributed by atoms with Crippen molar-refractivity contribution < 1.29 is 13.2 Å². The highest BCUT2D eigenvalue weighted by molar-refractivity contribution is 7.89. The zero-order chi connectivity index (χ0) is 14.5. The molecule has 8 heteroatoms. The van der Waals surface area contributed by atoms with Crippen LogP contribution in [0.3, 0.4) is 0 Å². The number of hydrogen-bond acceptors (Lipinski definition) is 5. The lowest BCUT2D eigenvalue weighted by molar-refractivity contribution is -0.118. The molecule has 0 aliphatic carbocycles. The Morgan fingerprint density at radius 1 is 1.26 bits per heavy atom. The summed E-state index contributed by atoms with van der Waals surface area (Å²) in [5.41, 5.74) is 11.4. The molecule has 7 N–H and O–H groups in total. The van der Waals surface area contributed by atoms with Gasteiger partial charge < -0.3 is 16.8 Å². The van der Waals surface area contributed by atoms with Gasteiger partial charge in [0.25, 0.3) is 0 Å². The first-order valence-electron chi connectivity index (χ1n) is 5.76. The summed E-state index contributed by atoms with van der Waals surface area (Å²) in [7, 11) is -3.83. The van der Waals surface area contributed by atoms with Crippen molar-refractivity contribution in [2.24, 2.45) is 10.9 Å². The van der Waals surface area contributed by atoms with Gasteiger partial charge in [-0.1, -0.05) is 6.07 Å². The average Bonchev–Trinajstić information content (AvgIpc) is 2.28. The predicted molar refractivity (Wildman–Crippen MR) is 73.8 cm³/mol. The third kappa shape index (κ3) is 4.76. The Hall–Kier alpha value is -1.80. The summed E-state index contributed by atoms with van der Waals surface area (Å²) in [4.78, 5) is 10.4. The van der Waals surface area contributed by atoms with Crippen LogP contribution >= 0.6 is 0 Å². The standard InChI is InChI=1S/C11H18N4O3S/c12-10(16)6-1-2-7-15-8-4-3-5-9(11(8)13)19(14,17)18/h3-5,15H,1-2,6-7,13H2,(H2,12,16)(H2,14,17,18). The van der Waals surface area contributed by atoms with Crippen molar-refractivity contribution >= 4 is 27.3 Å². The van der Waals surface area contributed by atoms with E-state index in [1.807, 2.05) is 0 Å². The molecule has 19 heavy (non-hydrogen) atoms. The molecule has 0 fully saturated rings. The first-order valence-corrected chi connectivity index (χ1v) is 7.30. The van der Waals surface area contributed by atoms with Crippen molar-refractivity contribution in [3.8, 4) is 0 Å². The summed E-state index contributed by atoms with van der Waals surface area (Å²) in [6.07, 6.45) is 1.72. The normalized spacial score (nSPS) is 11.2. The smallest absolute Gasteiger partial charge is 0.240 e. The maximum absolute atomic E-state index is 11.3. The van der Waals surface area contributed by atoms with E-state index >= 15 is 0 Å². The minimum absolute atomic E-state index is 0.0971. The number of unbranched alkanes of at least 4 members (excludes halogenated alkanes) is 1. The molecule has 1 aromatic rings. The van der Waals surface area contributed by atoms with Crippen LogP contribution in [0.25, 0.3) is 0 Å². The molecule has 0 radical (unpaired) electrons. The maximum Gasteiger partial charge on any atom is 0.240 e. The van der Waals surface area contributed by atoms with Gasteiger partial charge in [-0.05, 0) is 25.0 Å². The third-order valence-corrected chi connectivity index (χ3v) is 3.51. The van der Waals surface area contributed by atoms with Crippen LogP contribution in [0.15, 0.2) is 23.1 Å². The number of nitrogens with one attached hydrogen (secondary N) is 1. The van der Waals surface area contributed by atoms with E-state index in [-0.39, 0.29) is 16.5 Å². The number of nitrogen functional groups attached to an aromatic ring is 1. The summed E-state index contributed by atoms with van der Waals surface area (Å²) in [5, 5.41) is 8.05. The molecular weight excluding hydrogens is 268 g/mol. The predicted octanol–water partition coefficient (Wildman–Crippen LogP) is -0.0163. The molecule has 0 saturated heterocycles. The minimum atomic E-state index is -3.83. The van der Waals surface area contributed by atoms with Crippen molar-refractivity contribution in [1.82, 2.24) is 0 Å². The van der Waals surface area contributed by atoms with Crippen LogP contribution in [0.2, 0.25) is 0 Å². The fourth-order valence-electron chi connectivity index (χ4n) is 1.59. The Balaban J connectivity index is 2.63. The lowest BCUT2D eigenvalue weighted by Gasteiger charge is -2.11. The van der Waals surface area contributed by atoms with Gasteiger partial charge in [-0.3, -0.25) is 4.79 Å². The SMILES string of the molecule is NC(=O)CCCCNc1cccc(S(N)(=O)=O)c1N. The third-order valence-electron chi connectivity index (χ3n) is 2.54. The molecule has 106 valence electrons. The molecular formula is C11H18N4O3S. The highest BCUT2D eigenvalue weighted by atomic mass is 32.2. The second-order valence-electron chi connectivity index (χ2n) is 4.11.